The van der Waals surface area contributed by atoms with Gasteiger partial charge in [0.05, 0.1) is 6.54 Å². The van der Waals surface area contributed by atoms with Crippen molar-refractivity contribution < 1.29 is 0 Å². The fourth-order valence-corrected chi connectivity index (χ4v) is 4.13. The van der Waals surface area contributed by atoms with E-state index in [1.807, 2.05) is 30.3 Å². The van der Waals surface area contributed by atoms with Crippen molar-refractivity contribution in [1.82, 2.24) is 14.8 Å². The SMILES string of the molecule is Clc1ccc(-c2nnc(SCc3ccc(Br)cc3)n2Cc2ccccc2)cc1. The zero-order chi connectivity index (χ0) is 19.3. The Morgan fingerprint density at radius 1 is 0.821 bits per heavy atom. The van der Waals surface area contributed by atoms with Crippen LogP contribution in [-0.4, -0.2) is 14.8 Å². The molecule has 0 unspecified atom stereocenters. The molecule has 0 atom stereocenters. The van der Waals surface area contributed by atoms with Gasteiger partial charge in [-0.25, -0.2) is 0 Å². The third-order valence-corrected chi connectivity index (χ3v) is 6.10. The normalized spacial score (nSPS) is 10.9. The molecule has 28 heavy (non-hydrogen) atoms. The maximum atomic E-state index is 6.05. The van der Waals surface area contributed by atoms with E-state index in [9.17, 15) is 0 Å². The molecule has 4 aromatic rings. The molecule has 3 aromatic carbocycles. The van der Waals surface area contributed by atoms with Gasteiger partial charge in [0, 0.05) is 20.8 Å². The molecular weight excluding hydrogens is 454 g/mol. The Morgan fingerprint density at radius 3 is 2.25 bits per heavy atom. The van der Waals surface area contributed by atoms with E-state index < -0.39 is 0 Å². The summed E-state index contributed by atoms with van der Waals surface area (Å²) in [6, 6.07) is 26.5. The predicted molar refractivity (Wildman–Crippen MR) is 120 cm³/mol. The summed E-state index contributed by atoms with van der Waals surface area (Å²) in [6.07, 6.45) is 0. The highest BCUT2D eigenvalue weighted by atomic mass is 79.9. The molecule has 3 nitrogen and oxygen atoms in total. The topological polar surface area (TPSA) is 30.7 Å². The van der Waals surface area contributed by atoms with Gasteiger partial charge >= 0.3 is 0 Å². The number of hydrogen-bond acceptors (Lipinski definition) is 3. The monoisotopic (exact) mass is 469 g/mol. The first-order valence-electron chi connectivity index (χ1n) is 8.79. The highest BCUT2D eigenvalue weighted by molar-refractivity contribution is 9.10. The first-order chi connectivity index (χ1) is 13.7. The minimum Gasteiger partial charge on any atom is -0.298 e. The van der Waals surface area contributed by atoms with E-state index in [4.69, 9.17) is 11.6 Å². The first-order valence-corrected chi connectivity index (χ1v) is 10.9. The lowest BCUT2D eigenvalue weighted by atomic mass is 10.2. The molecule has 0 radical (unpaired) electrons. The second-order valence-corrected chi connectivity index (χ2v) is 8.59. The van der Waals surface area contributed by atoms with Crippen LogP contribution in [0.4, 0.5) is 0 Å². The van der Waals surface area contributed by atoms with Gasteiger partial charge in [-0.3, -0.25) is 4.57 Å². The number of thioether (sulfide) groups is 1. The van der Waals surface area contributed by atoms with E-state index >= 15 is 0 Å². The van der Waals surface area contributed by atoms with Crippen LogP contribution in [0.25, 0.3) is 11.4 Å². The molecule has 4 rings (SSSR count). The number of rotatable bonds is 6. The summed E-state index contributed by atoms with van der Waals surface area (Å²) in [6.45, 7) is 0.717. The molecule has 140 valence electrons. The van der Waals surface area contributed by atoms with Crippen molar-refractivity contribution in [3.05, 3.63) is 99.5 Å². The second kappa shape index (κ2) is 8.95. The van der Waals surface area contributed by atoms with Gasteiger partial charge in [0.2, 0.25) is 0 Å². The van der Waals surface area contributed by atoms with Crippen molar-refractivity contribution in [3.8, 4) is 11.4 Å². The molecule has 0 amide bonds. The summed E-state index contributed by atoms with van der Waals surface area (Å²) in [7, 11) is 0. The minimum absolute atomic E-state index is 0.711. The van der Waals surface area contributed by atoms with Crippen LogP contribution < -0.4 is 0 Å². The standard InChI is InChI=1S/C22H17BrClN3S/c23-19-10-6-17(7-11-19)15-28-22-26-25-21(18-8-12-20(24)13-9-18)27(22)14-16-4-2-1-3-5-16/h1-13H,14-15H2. The summed E-state index contributed by atoms with van der Waals surface area (Å²) >= 11 is 11.2. The molecule has 0 fully saturated rings. The van der Waals surface area contributed by atoms with Gasteiger partial charge in [-0.15, -0.1) is 10.2 Å². The van der Waals surface area contributed by atoms with Gasteiger partial charge in [0.25, 0.3) is 0 Å². The molecule has 0 saturated heterocycles. The van der Waals surface area contributed by atoms with Crippen molar-refractivity contribution in [2.45, 2.75) is 17.5 Å². The molecule has 6 heteroatoms. The predicted octanol–water partition coefficient (Wildman–Crippen LogP) is 6.70. The molecule has 1 heterocycles. The third-order valence-electron chi connectivity index (χ3n) is 4.28. The van der Waals surface area contributed by atoms with Gasteiger partial charge < -0.3 is 0 Å². The molecule has 0 aliphatic carbocycles. The minimum atomic E-state index is 0.711. The van der Waals surface area contributed by atoms with Gasteiger partial charge in [0.1, 0.15) is 0 Å². The van der Waals surface area contributed by atoms with Crippen molar-refractivity contribution in [3.63, 3.8) is 0 Å². The summed E-state index contributed by atoms with van der Waals surface area (Å²) in [5, 5.41) is 10.6. The Morgan fingerprint density at radius 2 is 1.54 bits per heavy atom. The molecule has 0 saturated carbocycles. The van der Waals surface area contributed by atoms with Crippen LogP contribution in [0.1, 0.15) is 11.1 Å². The Bertz CT molecular complexity index is 1050. The van der Waals surface area contributed by atoms with Gasteiger partial charge in [-0.2, -0.15) is 0 Å². The van der Waals surface area contributed by atoms with E-state index in [1.165, 1.54) is 11.1 Å². The molecule has 0 aliphatic rings. The van der Waals surface area contributed by atoms with Crippen LogP contribution in [0.3, 0.4) is 0 Å². The smallest absolute Gasteiger partial charge is 0.192 e. The van der Waals surface area contributed by atoms with Crippen LogP contribution in [0.5, 0.6) is 0 Å². The zero-order valence-electron chi connectivity index (χ0n) is 14.9. The van der Waals surface area contributed by atoms with E-state index in [0.717, 1.165) is 26.8 Å². The van der Waals surface area contributed by atoms with Crippen LogP contribution in [0, 0.1) is 0 Å². The molecule has 0 bridgehead atoms. The fraction of sp³-hybridized carbons (Fsp3) is 0.0909. The molecule has 0 spiro atoms. The maximum absolute atomic E-state index is 6.05. The highest BCUT2D eigenvalue weighted by Gasteiger charge is 2.15. The Balaban J connectivity index is 1.65. The highest BCUT2D eigenvalue weighted by Crippen LogP contribution is 2.28. The lowest BCUT2D eigenvalue weighted by Crippen LogP contribution is -2.04. The average molecular weight is 471 g/mol. The van der Waals surface area contributed by atoms with Crippen molar-refractivity contribution >= 4 is 39.3 Å². The molecular formula is C22H17BrClN3S. The summed E-state index contributed by atoms with van der Waals surface area (Å²) in [5.41, 5.74) is 3.46. The average Bonchev–Trinajstić information content (AvgIpc) is 3.11. The zero-order valence-corrected chi connectivity index (χ0v) is 18.1. The summed E-state index contributed by atoms with van der Waals surface area (Å²) < 4.78 is 3.25. The lowest BCUT2D eigenvalue weighted by Gasteiger charge is -2.11. The third kappa shape index (κ3) is 4.66. The molecule has 1 aromatic heterocycles. The van der Waals surface area contributed by atoms with Crippen molar-refractivity contribution in [1.29, 1.82) is 0 Å². The number of benzene rings is 3. The molecule has 0 N–H and O–H groups in total. The fourth-order valence-electron chi connectivity index (χ4n) is 2.85. The first kappa shape index (κ1) is 19.2. The van der Waals surface area contributed by atoms with E-state index in [-0.39, 0.29) is 0 Å². The van der Waals surface area contributed by atoms with E-state index in [2.05, 4.69) is 79.2 Å². The number of aromatic nitrogens is 3. The van der Waals surface area contributed by atoms with E-state index in [1.54, 1.807) is 11.8 Å². The lowest BCUT2D eigenvalue weighted by molar-refractivity contribution is 0.714. The van der Waals surface area contributed by atoms with Crippen LogP contribution in [0.2, 0.25) is 5.02 Å². The van der Waals surface area contributed by atoms with Crippen LogP contribution in [0.15, 0.2) is 88.5 Å². The Hall–Kier alpha value is -2.08. The Labute approximate surface area is 181 Å². The van der Waals surface area contributed by atoms with Crippen LogP contribution in [-0.2, 0) is 12.3 Å². The molecule has 0 aliphatic heterocycles. The van der Waals surface area contributed by atoms with Crippen molar-refractivity contribution in [2.75, 3.05) is 0 Å². The van der Waals surface area contributed by atoms with E-state index in [0.29, 0.717) is 11.6 Å². The van der Waals surface area contributed by atoms with Gasteiger partial charge in [-0.05, 0) is 47.5 Å². The van der Waals surface area contributed by atoms with Crippen molar-refractivity contribution in [2.24, 2.45) is 0 Å². The largest absolute Gasteiger partial charge is 0.298 e. The second-order valence-electron chi connectivity index (χ2n) is 6.30. The number of hydrogen-bond donors (Lipinski definition) is 0. The Kier molecular flexibility index (Phi) is 6.15. The van der Waals surface area contributed by atoms with Gasteiger partial charge in [0.15, 0.2) is 11.0 Å². The number of halogens is 2. The number of nitrogens with zero attached hydrogens (tertiary/aromatic N) is 3. The van der Waals surface area contributed by atoms with Gasteiger partial charge in [-0.1, -0.05) is 81.8 Å². The maximum Gasteiger partial charge on any atom is 0.192 e. The van der Waals surface area contributed by atoms with Crippen LogP contribution >= 0.6 is 39.3 Å². The summed E-state index contributed by atoms with van der Waals surface area (Å²) in [4.78, 5) is 0. The quantitative estimate of drug-likeness (QED) is 0.294. The summed E-state index contributed by atoms with van der Waals surface area (Å²) in [5.74, 6) is 1.68.